The third-order valence-corrected chi connectivity index (χ3v) is 4.75. The van der Waals surface area contributed by atoms with Crippen LogP contribution in [0.25, 0.3) is 0 Å². The van der Waals surface area contributed by atoms with Crippen LogP contribution in [0.4, 0.5) is 5.69 Å². The zero-order valence-electron chi connectivity index (χ0n) is 12.5. The van der Waals surface area contributed by atoms with E-state index in [0.29, 0.717) is 18.0 Å². The first-order chi connectivity index (χ1) is 9.82. The van der Waals surface area contributed by atoms with Crippen LogP contribution in [-0.2, 0) is 10.0 Å². The lowest BCUT2D eigenvalue weighted by atomic mass is 10.2. The molecule has 1 aromatic rings. The van der Waals surface area contributed by atoms with Gasteiger partial charge >= 0.3 is 0 Å². The number of benzene rings is 1. The predicted molar refractivity (Wildman–Crippen MR) is 81.2 cm³/mol. The van der Waals surface area contributed by atoms with E-state index in [2.05, 4.69) is 0 Å². The summed E-state index contributed by atoms with van der Waals surface area (Å²) in [5.74, 6) is 0.481. The van der Waals surface area contributed by atoms with E-state index in [1.165, 1.54) is 29.6 Å². The fraction of sp³-hybridized carbons (Fsp3) is 0.500. The topological polar surface area (TPSA) is 96.4 Å². The van der Waals surface area contributed by atoms with Crippen LogP contribution in [0.15, 0.2) is 23.1 Å². The van der Waals surface area contributed by atoms with E-state index < -0.39 is 10.0 Å². The van der Waals surface area contributed by atoms with Gasteiger partial charge < -0.3 is 10.5 Å². The van der Waals surface area contributed by atoms with Crippen molar-refractivity contribution in [2.24, 2.45) is 5.92 Å². The molecular weight excluding hydrogens is 290 g/mol. The number of ether oxygens (including phenoxy) is 1. The van der Waals surface area contributed by atoms with E-state index in [-0.39, 0.29) is 23.8 Å². The molecule has 0 amide bonds. The van der Waals surface area contributed by atoms with Crippen LogP contribution in [0.3, 0.4) is 0 Å². The van der Waals surface area contributed by atoms with Crippen molar-refractivity contribution in [3.8, 4) is 11.8 Å². The van der Waals surface area contributed by atoms with Crippen LogP contribution < -0.4 is 10.5 Å². The SMILES string of the molecule is COc1cc(S(=O)(=O)N(CCC#N)CC(C)C)ccc1N. The number of nitrogens with zero attached hydrogens (tertiary/aromatic N) is 2. The van der Waals surface area contributed by atoms with Crippen molar-refractivity contribution in [3.05, 3.63) is 18.2 Å². The number of rotatable bonds is 7. The van der Waals surface area contributed by atoms with Crippen LogP contribution >= 0.6 is 0 Å². The molecule has 116 valence electrons. The molecule has 0 saturated heterocycles. The lowest BCUT2D eigenvalue weighted by Crippen LogP contribution is -2.35. The lowest BCUT2D eigenvalue weighted by Gasteiger charge is -2.23. The van der Waals surface area contributed by atoms with Crippen LogP contribution in [0.1, 0.15) is 20.3 Å². The highest BCUT2D eigenvalue weighted by atomic mass is 32.2. The molecule has 0 atom stereocenters. The molecule has 0 radical (unpaired) electrons. The summed E-state index contributed by atoms with van der Waals surface area (Å²) in [6.07, 6.45) is 0.151. The van der Waals surface area contributed by atoms with Crippen molar-refractivity contribution >= 4 is 15.7 Å². The fourth-order valence-electron chi connectivity index (χ4n) is 1.89. The maximum atomic E-state index is 12.7. The van der Waals surface area contributed by atoms with Gasteiger partial charge in [-0.05, 0) is 18.1 Å². The Labute approximate surface area is 126 Å². The van der Waals surface area contributed by atoms with Gasteiger partial charge in [0.1, 0.15) is 5.75 Å². The first-order valence-corrected chi connectivity index (χ1v) is 8.07. The Morgan fingerprint density at radius 2 is 2.10 bits per heavy atom. The van der Waals surface area contributed by atoms with Crippen molar-refractivity contribution in [2.75, 3.05) is 25.9 Å². The molecule has 0 aliphatic heterocycles. The normalized spacial score (nSPS) is 11.6. The molecular formula is C14H21N3O3S. The molecule has 6 nitrogen and oxygen atoms in total. The average Bonchev–Trinajstić information content (AvgIpc) is 2.43. The van der Waals surface area contributed by atoms with Crippen LogP contribution in [0.2, 0.25) is 0 Å². The summed E-state index contributed by atoms with van der Waals surface area (Å²) >= 11 is 0. The minimum absolute atomic E-state index is 0.118. The van der Waals surface area contributed by atoms with Crippen molar-refractivity contribution in [1.82, 2.24) is 4.31 Å². The van der Waals surface area contributed by atoms with E-state index in [4.69, 9.17) is 15.7 Å². The average molecular weight is 311 g/mol. The van der Waals surface area contributed by atoms with E-state index in [0.717, 1.165) is 0 Å². The minimum Gasteiger partial charge on any atom is -0.495 e. The number of nitrogen functional groups attached to an aromatic ring is 1. The van der Waals surface area contributed by atoms with Gasteiger partial charge in [-0.15, -0.1) is 0 Å². The molecule has 0 aliphatic carbocycles. The van der Waals surface area contributed by atoms with E-state index in [1.54, 1.807) is 0 Å². The smallest absolute Gasteiger partial charge is 0.243 e. The lowest BCUT2D eigenvalue weighted by molar-refractivity contribution is 0.372. The number of hydrogen-bond acceptors (Lipinski definition) is 5. The molecule has 0 unspecified atom stereocenters. The van der Waals surface area contributed by atoms with Gasteiger partial charge in [0.05, 0.1) is 23.8 Å². The van der Waals surface area contributed by atoms with Gasteiger partial charge in [-0.3, -0.25) is 0 Å². The molecule has 0 aromatic heterocycles. The van der Waals surface area contributed by atoms with E-state index in [1.807, 2.05) is 19.9 Å². The fourth-order valence-corrected chi connectivity index (χ4v) is 3.51. The Morgan fingerprint density at radius 3 is 2.62 bits per heavy atom. The van der Waals surface area contributed by atoms with E-state index in [9.17, 15) is 8.42 Å². The van der Waals surface area contributed by atoms with Crippen molar-refractivity contribution in [1.29, 1.82) is 5.26 Å². The van der Waals surface area contributed by atoms with E-state index >= 15 is 0 Å². The molecule has 0 saturated carbocycles. The van der Waals surface area contributed by atoms with Crippen molar-refractivity contribution in [3.63, 3.8) is 0 Å². The third-order valence-electron chi connectivity index (χ3n) is 2.88. The van der Waals surface area contributed by atoms with Gasteiger partial charge in [0.25, 0.3) is 0 Å². The second-order valence-electron chi connectivity index (χ2n) is 5.07. The highest BCUT2D eigenvalue weighted by Crippen LogP contribution is 2.27. The molecule has 0 aliphatic rings. The number of sulfonamides is 1. The summed E-state index contributed by atoms with van der Waals surface area (Å²) in [6, 6.07) is 6.34. The van der Waals surface area contributed by atoms with Gasteiger partial charge in [0.15, 0.2) is 0 Å². The maximum Gasteiger partial charge on any atom is 0.243 e. The number of nitrogens with two attached hydrogens (primary N) is 1. The summed E-state index contributed by atoms with van der Waals surface area (Å²) in [6.45, 7) is 4.39. The first kappa shape index (κ1) is 17.3. The van der Waals surface area contributed by atoms with Crippen molar-refractivity contribution in [2.45, 2.75) is 25.2 Å². The molecule has 0 heterocycles. The summed E-state index contributed by atoms with van der Waals surface area (Å²) in [5.41, 5.74) is 6.08. The predicted octanol–water partition coefficient (Wildman–Crippen LogP) is 1.84. The zero-order chi connectivity index (χ0) is 16.0. The van der Waals surface area contributed by atoms with Gasteiger partial charge in [0, 0.05) is 25.6 Å². The van der Waals surface area contributed by atoms with Crippen LogP contribution in [-0.4, -0.2) is 32.9 Å². The summed E-state index contributed by atoms with van der Waals surface area (Å²) in [4.78, 5) is 0.118. The maximum absolute atomic E-state index is 12.7. The molecule has 0 spiro atoms. The van der Waals surface area contributed by atoms with Gasteiger partial charge in [0.2, 0.25) is 10.0 Å². The molecule has 1 aromatic carbocycles. The summed E-state index contributed by atoms with van der Waals surface area (Å²) in [5, 5.41) is 8.70. The Hall–Kier alpha value is -1.78. The van der Waals surface area contributed by atoms with Gasteiger partial charge in [-0.1, -0.05) is 13.8 Å². The Bertz CT molecular complexity index is 621. The second kappa shape index (κ2) is 7.29. The van der Waals surface area contributed by atoms with Gasteiger partial charge in [-0.25, -0.2) is 8.42 Å². The third kappa shape index (κ3) is 4.34. The molecule has 0 fully saturated rings. The van der Waals surface area contributed by atoms with Crippen molar-refractivity contribution < 1.29 is 13.2 Å². The zero-order valence-corrected chi connectivity index (χ0v) is 13.4. The second-order valence-corrected chi connectivity index (χ2v) is 7.01. The summed E-state index contributed by atoms with van der Waals surface area (Å²) in [7, 11) is -2.24. The summed E-state index contributed by atoms with van der Waals surface area (Å²) < 4.78 is 31.7. The first-order valence-electron chi connectivity index (χ1n) is 6.63. The van der Waals surface area contributed by atoms with Crippen LogP contribution in [0.5, 0.6) is 5.75 Å². The number of hydrogen-bond donors (Lipinski definition) is 1. The Kier molecular flexibility index (Phi) is 6.00. The largest absolute Gasteiger partial charge is 0.495 e. The highest BCUT2D eigenvalue weighted by molar-refractivity contribution is 7.89. The number of anilines is 1. The molecule has 21 heavy (non-hydrogen) atoms. The monoisotopic (exact) mass is 311 g/mol. The molecule has 1 rings (SSSR count). The Morgan fingerprint density at radius 1 is 1.43 bits per heavy atom. The Balaban J connectivity index is 3.18. The number of nitriles is 1. The molecule has 7 heteroatoms. The quantitative estimate of drug-likeness (QED) is 0.775. The standard InChI is InChI=1S/C14H21N3O3S/c1-11(2)10-17(8-4-7-15)21(18,19)12-5-6-13(16)14(9-12)20-3/h5-6,9,11H,4,8,10,16H2,1-3H3. The van der Waals surface area contributed by atoms with Gasteiger partial charge in [-0.2, -0.15) is 9.57 Å². The minimum atomic E-state index is -3.67. The molecule has 0 bridgehead atoms. The number of methoxy groups -OCH3 is 1. The molecule has 2 N–H and O–H groups in total. The highest BCUT2D eigenvalue weighted by Gasteiger charge is 2.25. The van der Waals surface area contributed by atoms with Crippen LogP contribution in [0, 0.1) is 17.2 Å².